The number of nitrogens with one attached hydrogen (secondary N) is 1. The summed E-state index contributed by atoms with van der Waals surface area (Å²) in [4.78, 5) is 28.4. The van der Waals surface area contributed by atoms with E-state index < -0.39 is 28.5 Å². The van der Waals surface area contributed by atoms with Gasteiger partial charge in [0.15, 0.2) is 0 Å². The van der Waals surface area contributed by atoms with Crippen LogP contribution in [0.3, 0.4) is 0 Å². The van der Waals surface area contributed by atoms with E-state index in [9.17, 15) is 18.0 Å². The summed E-state index contributed by atoms with van der Waals surface area (Å²) < 4.78 is 28.8. The number of benzene rings is 3. The Labute approximate surface area is 251 Å². The second-order valence-electron chi connectivity index (χ2n) is 9.30. The Kier molecular flexibility index (Phi) is 11.3. The van der Waals surface area contributed by atoms with E-state index in [1.54, 1.807) is 62.4 Å². The summed E-state index contributed by atoms with van der Waals surface area (Å²) >= 11 is 19.1. The fourth-order valence-electron chi connectivity index (χ4n) is 4.06. The summed E-state index contributed by atoms with van der Waals surface area (Å²) in [7, 11) is -4.20. The Morgan fingerprint density at radius 3 is 2.23 bits per heavy atom. The molecule has 2 amide bonds. The predicted molar refractivity (Wildman–Crippen MR) is 162 cm³/mol. The van der Waals surface area contributed by atoms with Crippen LogP contribution in [-0.2, 0) is 26.2 Å². The SMILES string of the molecule is CCCCNC(=O)[C@@H](C)N(Cc1c(Cl)cccc1Cl)C(=O)CN(c1cc(Cl)ccc1C)S(=O)(=O)c1ccccc1. The smallest absolute Gasteiger partial charge is 0.264 e. The van der Waals surface area contributed by atoms with Crippen molar-refractivity contribution in [1.29, 1.82) is 0 Å². The number of carbonyl (C=O) groups excluding carboxylic acids is 2. The zero-order chi connectivity index (χ0) is 29.4. The first-order chi connectivity index (χ1) is 19.0. The van der Waals surface area contributed by atoms with Crippen LogP contribution in [0, 0.1) is 6.92 Å². The molecule has 40 heavy (non-hydrogen) atoms. The number of carbonyl (C=O) groups is 2. The highest BCUT2D eigenvalue weighted by molar-refractivity contribution is 7.92. The van der Waals surface area contributed by atoms with Crippen LogP contribution in [0.4, 0.5) is 5.69 Å². The van der Waals surface area contributed by atoms with Crippen molar-refractivity contribution in [3.63, 3.8) is 0 Å². The van der Waals surface area contributed by atoms with Gasteiger partial charge in [0.1, 0.15) is 12.6 Å². The quantitative estimate of drug-likeness (QED) is 0.234. The lowest BCUT2D eigenvalue weighted by Gasteiger charge is -2.32. The molecule has 3 aromatic carbocycles. The minimum absolute atomic E-state index is 0.00762. The van der Waals surface area contributed by atoms with Crippen LogP contribution >= 0.6 is 34.8 Å². The van der Waals surface area contributed by atoms with Crippen molar-refractivity contribution in [1.82, 2.24) is 10.2 Å². The maximum Gasteiger partial charge on any atom is 0.264 e. The Balaban J connectivity index is 2.07. The highest BCUT2D eigenvalue weighted by Crippen LogP contribution is 2.31. The number of hydrogen-bond donors (Lipinski definition) is 1. The Hall–Kier alpha value is -2.78. The van der Waals surface area contributed by atoms with Gasteiger partial charge in [-0.1, -0.05) is 78.5 Å². The van der Waals surface area contributed by atoms with Gasteiger partial charge in [0.2, 0.25) is 11.8 Å². The van der Waals surface area contributed by atoms with Gasteiger partial charge in [0.05, 0.1) is 10.6 Å². The first kappa shape index (κ1) is 31.7. The molecule has 0 fully saturated rings. The van der Waals surface area contributed by atoms with Crippen molar-refractivity contribution in [2.24, 2.45) is 0 Å². The molecule has 3 rings (SSSR count). The van der Waals surface area contributed by atoms with E-state index in [4.69, 9.17) is 34.8 Å². The maximum atomic E-state index is 14.0. The van der Waals surface area contributed by atoms with Crippen LogP contribution in [0.5, 0.6) is 0 Å². The number of hydrogen-bond acceptors (Lipinski definition) is 4. The maximum absolute atomic E-state index is 14.0. The predicted octanol–water partition coefficient (Wildman–Crippen LogP) is 6.48. The molecule has 1 atom stereocenters. The van der Waals surface area contributed by atoms with E-state index in [1.165, 1.54) is 23.1 Å². The van der Waals surface area contributed by atoms with E-state index in [0.29, 0.717) is 32.7 Å². The summed E-state index contributed by atoms with van der Waals surface area (Å²) in [6.45, 7) is 5.08. The third-order valence-electron chi connectivity index (χ3n) is 6.44. The molecular formula is C29H32Cl3N3O4S. The van der Waals surface area contributed by atoms with Gasteiger partial charge in [-0.2, -0.15) is 0 Å². The molecule has 7 nitrogen and oxygen atoms in total. The molecule has 0 aliphatic rings. The number of unbranched alkanes of at least 4 members (excludes halogenated alkanes) is 1. The van der Waals surface area contributed by atoms with E-state index in [0.717, 1.165) is 17.1 Å². The largest absolute Gasteiger partial charge is 0.354 e. The first-order valence-electron chi connectivity index (χ1n) is 12.8. The van der Waals surface area contributed by atoms with Gasteiger partial charge in [-0.3, -0.25) is 13.9 Å². The third-order valence-corrected chi connectivity index (χ3v) is 9.15. The molecule has 0 radical (unpaired) electrons. The van der Waals surface area contributed by atoms with Crippen molar-refractivity contribution in [3.05, 3.63) is 92.9 Å². The van der Waals surface area contributed by atoms with Gasteiger partial charge >= 0.3 is 0 Å². The summed E-state index contributed by atoms with van der Waals surface area (Å²) in [5.74, 6) is -0.991. The van der Waals surface area contributed by atoms with E-state index >= 15 is 0 Å². The Morgan fingerprint density at radius 2 is 1.60 bits per heavy atom. The highest BCUT2D eigenvalue weighted by Gasteiger charge is 2.33. The topological polar surface area (TPSA) is 86.8 Å². The fraction of sp³-hybridized carbons (Fsp3) is 0.310. The number of rotatable bonds is 12. The van der Waals surface area contributed by atoms with Crippen LogP contribution in [-0.4, -0.2) is 44.3 Å². The van der Waals surface area contributed by atoms with Crippen molar-refractivity contribution in [2.75, 3.05) is 17.4 Å². The van der Waals surface area contributed by atoms with Gasteiger partial charge < -0.3 is 10.2 Å². The average Bonchev–Trinajstić information content (AvgIpc) is 2.93. The number of amides is 2. The summed E-state index contributed by atoms with van der Waals surface area (Å²) in [6.07, 6.45) is 1.66. The van der Waals surface area contributed by atoms with Crippen LogP contribution in [0.1, 0.15) is 37.8 Å². The molecule has 0 aliphatic heterocycles. The van der Waals surface area contributed by atoms with Crippen LogP contribution in [0.2, 0.25) is 15.1 Å². The second kappa shape index (κ2) is 14.2. The molecule has 214 valence electrons. The first-order valence-corrected chi connectivity index (χ1v) is 15.4. The van der Waals surface area contributed by atoms with Gasteiger partial charge in [-0.05, 0) is 62.2 Å². The Bertz CT molecular complexity index is 1430. The molecule has 1 N–H and O–H groups in total. The normalized spacial score (nSPS) is 12.1. The molecule has 0 aromatic heterocycles. The fourth-order valence-corrected chi connectivity index (χ4v) is 6.23. The number of halogens is 3. The van der Waals surface area contributed by atoms with Gasteiger partial charge in [-0.25, -0.2) is 8.42 Å². The van der Waals surface area contributed by atoms with Crippen LogP contribution in [0.25, 0.3) is 0 Å². The molecule has 11 heteroatoms. The zero-order valence-corrected chi connectivity index (χ0v) is 25.6. The summed E-state index contributed by atoms with van der Waals surface area (Å²) in [5, 5.41) is 3.80. The number of aryl methyl sites for hydroxylation is 1. The average molecular weight is 625 g/mol. The molecule has 0 saturated heterocycles. The van der Waals surface area contributed by atoms with Crippen molar-refractivity contribution >= 4 is 62.3 Å². The van der Waals surface area contributed by atoms with E-state index in [-0.39, 0.29) is 23.0 Å². The van der Waals surface area contributed by atoms with Crippen molar-refractivity contribution in [3.8, 4) is 0 Å². The van der Waals surface area contributed by atoms with Crippen LogP contribution < -0.4 is 9.62 Å². The van der Waals surface area contributed by atoms with Gasteiger partial charge in [0.25, 0.3) is 10.0 Å². The van der Waals surface area contributed by atoms with Gasteiger partial charge in [0, 0.05) is 33.7 Å². The van der Waals surface area contributed by atoms with Crippen molar-refractivity contribution in [2.45, 2.75) is 51.1 Å². The van der Waals surface area contributed by atoms with Crippen LogP contribution in [0.15, 0.2) is 71.6 Å². The lowest BCUT2D eigenvalue weighted by molar-refractivity contribution is -0.139. The third kappa shape index (κ3) is 7.69. The minimum Gasteiger partial charge on any atom is -0.354 e. The highest BCUT2D eigenvalue weighted by atomic mass is 35.5. The zero-order valence-electron chi connectivity index (χ0n) is 22.5. The monoisotopic (exact) mass is 623 g/mol. The molecule has 0 spiro atoms. The molecule has 0 aliphatic carbocycles. The lowest BCUT2D eigenvalue weighted by atomic mass is 10.1. The number of sulfonamides is 1. The summed E-state index contributed by atoms with van der Waals surface area (Å²) in [5.41, 5.74) is 1.30. The molecule has 0 heterocycles. The Morgan fingerprint density at radius 1 is 0.950 bits per heavy atom. The molecule has 0 unspecified atom stereocenters. The number of nitrogens with zero attached hydrogens (tertiary/aromatic N) is 2. The molecule has 0 bridgehead atoms. The molecular weight excluding hydrogens is 593 g/mol. The second-order valence-corrected chi connectivity index (χ2v) is 12.4. The lowest BCUT2D eigenvalue weighted by Crippen LogP contribution is -2.51. The number of anilines is 1. The van der Waals surface area contributed by atoms with Gasteiger partial charge in [-0.15, -0.1) is 0 Å². The molecule has 3 aromatic rings. The van der Waals surface area contributed by atoms with E-state index in [1.807, 2.05) is 6.92 Å². The molecule has 0 saturated carbocycles. The standard InChI is InChI=1S/C29H32Cl3N3O4S/c1-4-5-16-33-29(37)21(3)34(18-24-25(31)12-9-13-26(24)32)28(36)19-35(27-17-22(30)15-14-20(27)2)40(38,39)23-10-7-6-8-11-23/h6-15,17,21H,4-5,16,18-19H2,1-3H3,(H,33,37)/t21-/m1/s1. The summed E-state index contributed by atoms with van der Waals surface area (Å²) in [6, 6.07) is 16.7. The van der Waals surface area contributed by atoms with Crippen molar-refractivity contribution < 1.29 is 18.0 Å². The minimum atomic E-state index is -4.20. The van der Waals surface area contributed by atoms with E-state index in [2.05, 4.69) is 5.32 Å².